The quantitative estimate of drug-likeness (QED) is 0.654. The van der Waals surface area contributed by atoms with Crippen molar-refractivity contribution in [1.29, 1.82) is 0 Å². The van der Waals surface area contributed by atoms with Crippen molar-refractivity contribution in [1.82, 2.24) is 4.90 Å². The molecule has 1 aliphatic rings. The lowest BCUT2D eigenvalue weighted by molar-refractivity contribution is -0.384. The van der Waals surface area contributed by atoms with Gasteiger partial charge in [0.15, 0.2) is 0 Å². The second-order valence-corrected chi connectivity index (χ2v) is 4.89. The summed E-state index contributed by atoms with van der Waals surface area (Å²) in [5.41, 5.74) is 1.19. The van der Waals surface area contributed by atoms with Gasteiger partial charge in [-0.3, -0.25) is 14.9 Å². The zero-order valence-electron chi connectivity index (χ0n) is 10.7. The average molecular weight is 264 g/mol. The molecular formula is C13H16N2O4. The monoisotopic (exact) mass is 264 g/mol. The van der Waals surface area contributed by atoms with Gasteiger partial charge in [-0.1, -0.05) is 13.0 Å². The third-order valence-electron chi connectivity index (χ3n) is 3.32. The van der Waals surface area contributed by atoms with Crippen molar-refractivity contribution >= 4 is 11.6 Å². The maximum Gasteiger partial charge on any atom is 0.270 e. The number of hydrogen-bond donors (Lipinski definition) is 1. The minimum absolute atomic E-state index is 0.00389. The highest BCUT2D eigenvalue weighted by Crippen LogP contribution is 2.24. The minimum atomic E-state index is -0.497. The number of carbonyl (C=O) groups is 1. The summed E-state index contributed by atoms with van der Waals surface area (Å²) in [7, 11) is 0. The van der Waals surface area contributed by atoms with Crippen LogP contribution in [0, 0.1) is 16.0 Å². The summed E-state index contributed by atoms with van der Waals surface area (Å²) in [6.07, 6.45) is 0.692. The number of hydrogen-bond acceptors (Lipinski definition) is 4. The number of carbonyl (C=O) groups excluding carboxylic acids is 1. The Morgan fingerprint density at radius 2 is 2.26 bits per heavy atom. The molecule has 0 saturated heterocycles. The molecule has 0 spiro atoms. The molecule has 0 aliphatic carbocycles. The van der Waals surface area contributed by atoms with E-state index >= 15 is 0 Å². The molecule has 6 nitrogen and oxygen atoms in total. The summed E-state index contributed by atoms with van der Waals surface area (Å²) in [6, 6.07) is 4.42. The molecule has 0 radical (unpaired) electrons. The lowest BCUT2D eigenvalue weighted by atomic mass is 9.97. The summed E-state index contributed by atoms with van der Waals surface area (Å²) < 4.78 is 0. The molecule has 0 aromatic heterocycles. The van der Waals surface area contributed by atoms with E-state index in [1.54, 1.807) is 11.0 Å². The highest BCUT2D eigenvalue weighted by Gasteiger charge is 2.26. The van der Waals surface area contributed by atoms with Crippen LogP contribution in [0.3, 0.4) is 0 Å². The van der Waals surface area contributed by atoms with E-state index < -0.39 is 4.92 Å². The smallest absolute Gasteiger partial charge is 0.270 e. The summed E-state index contributed by atoms with van der Waals surface area (Å²) in [6.45, 7) is 2.94. The van der Waals surface area contributed by atoms with Gasteiger partial charge in [0.05, 0.1) is 4.92 Å². The highest BCUT2D eigenvalue weighted by molar-refractivity contribution is 5.97. The molecule has 2 rings (SSSR count). The van der Waals surface area contributed by atoms with Crippen LogP contribution in [0.4, 0.5) is 5.69 Å². The van der Waals surface area contributed by atoms with Crippen LogP contribution in [-0.2, 0) is 6.42 Å². The Bertz CT molecular complexity index is 515. The number of aliphatic hydroxyl groups is 1. The molecule has 1 heterocycles. The first-order chi connectivity index (χ1) is 9.02. The van der Waals surface area contributed by atoms with Gasteiger partial charge in [0.2, 0.25) is 0 Å². The third-order valence-corrected chi connectivity index (χ3v) is 3.32. The van der Waals surface area contributed by atoms with Gasteiger partial charge >= 0.3 is 0 Å². The number of rotatable bonds is 4. The molecule has 1 atom stereocenters. The first kappa shape index (κ1) is 13.5. The molecule has 1 aromatic rings. The molecule has 1 aromatic carbocycles. The zero-order valence-corrected chi connectivity index (χ0v) is 10.7. The Labute approximate surface area is 110 Å². The topological polar surface area (TPSA) is 83.7 Å². The molecule has 0 fully saturated rings. The van der Waals surface area contributed by atoms with Crippen molar-refractivity contribution in [2.24, 2.45) is 5.92 Å². The van der Waals surface area contributed by atoms with Crippen LogP contribution in [0.15, 0.2) is 18.2 Å². The first-order valence-electron chi connectivity index (χ1n) is 6.20. The average Bonchev–Trinajstić information content (AvgIpc) is 2.41. The molecule has 102 valence electrons. The predicted molar refractivity (Wildman–Crippen MR) is 69.0 cm³/mol. The fourth-order valence-corrected chi connectivity index (χ4v) is 2.23. The number of nitro benzene ring substituents is 1. The molecule has 1 aliphatic heterocycles. The molecule has 1 unspecified atom stereocenters. The number of non-ortho nitro benzene ring substituents is 1. The Hall–Kier alpha value is -1.95. The van der Waals surface area contributed by atoms with E-state index in [1.807, 2.05) is 6.92 Å². The van der Waals surface area contributed by atoms with E-state index in [2.05, 4.69) is 0 Å². The SMILES string of the molecule is CC(CO)CN1CCc2ccc([N+](=O)[O-])cc2C1=O. The molecule has 19 heavy (non-hydrogen) atoms. The number of amides is 1. The highest BCUT2D eigenvalue weighted by atomic mass is 16.6. The van der Waals surface area contributed by atoms with Gasteiger partial charge in [-0.25, -0.2) is 0 Å². The van der Waals surface area contributed by atoms with Crippen molar-refractivity contribution in [3.63, 3.8) is 0 Å². The number of aliphatic hydroxyl groups excluding tert-OH is 1. The lowest BCUT2D eigenvalue weighted by Crippen LogP contribution is -2.40. The van der Waals surface area contributed by atoms with Crippen LogP contribution < -0.4 is 0 Å². The van der Waals surface area contributed by atoms with Gasteiger partial charge < -0.3 is 10.0 Å². The van der Waals surface area contributed by atoms with Crippen LogP contribution in [0.25, 0.3) is 0 Å². The molecule has 1 amide bonds. The number of nitro groups is 1. The Morgan fingerprint density at radius 1 is 1.53 bits per heavy atom. The van der Waals surface area contributed by atoms with E-state index in [-0.39, 0.29) is 24.1 Å². The van der Waals surface area contributed by atoms with Crippen LogP contribution in [0.2, 0.25) is 0 Å². The van der Waals surface area contributed by atoms with Gasteiger partial charge in [0.25, 0.3) is 11.6 Å². The maximum atomic E-state index is 12.3. The van der Waals surface area contributed by atoms with E-state index in [0.29, 0.717) is 25.1 Å². The molecule has 6 heteroatoms. The number of nitrogens with zero attached hydrogens (tertiary/aromatic N) is 2. The van der Waals surface area contributed by atoms with Crippen LogP contribution in [0.1, 0.15) is 22.8 Å². The molecule has 0 saturated carbocycles. The summed E-state index contributed by atoms with van der Waals surface area (Å²) in [5.74, 6) is -0.186. The Balaban J connectivity index is 2.26. The van der Waals surface area contributed by atoms with Gasteiger partial charge in [0.1, 0.15) is 0 Å². The van der Waals surface area contributed by atoms with E-state index in [4.69, 9.17) is 5.11 Å². The van der Waals surface area contributed by atoms with Crippen LogP contribution in [0.5, 0.6) is 0 Å². The molecule has 1 N–H and O–H groups in total. The second kappa shape index (κ2) is 5.36. The van der Waals surface area contributed by atoms with Gasteiger partial charge in [-0.15, -0.1) is 0 Å². The molecular weight excluding hydrogens is 248 g/mol. The zero-order chi connectivity index (χ0) is 14.0. The lowest BCUT2D eigenvalue weighted by Gasteiger charge is -2.30. The predicted octanol–water partition coefficient (Wildman–Crippen LogP) is 1.22. The van der Waals surface area contributed by atoms with Gasteiger partial charge in [-0.05, 0) is 17.9 Å². The number of benzene rings is 1. The van der Waals surface area contributed by atoms with Crippen LogP contribution in [-0.4, -0.2) is 40.5 Å². The van der Waals surface area contributed by atoms with Crippen molar-refractivity contribution in [3.8, 4) is 0 Å². The summed E-state index contributed by atoms with van der Waals surface area (Å²) in [5, 5.41) is 19.8. The standard InChI is InChI=1S/C13H16N2O4/c1-9(8-16)7-14-5-4-10-2-3-11(15(18)19)6-12(10)13(14)17/h2-3,6,9,16H,4-5,7-8H2,1H3. The first-order valence-corrected chi connectivity index (χ1v) is 6.20. The minimum Gasteiger partial charge on any atom is -0.396 e. The van der Waals surface area contributed by atoms with E-state index in [1.165, 1.54) is 12.1 Å². The van der Waals surface area contributed by atoms with Gasteiger partial charge in [-0.2, -0.15) is 0 Å². The Morgan fingerprint density at radius 3 is 2.89 bits per heavy atom. The van der Waals surface area contributed by atoms with Crippen LogP contribution >= 0.6 is 0 Å². The normalized spacial score (nSPS) is 16.1. The fraction of sp³-hybridized carbons (Fsp3) is 0.462. The molecule has 0 bridgehead atoms. The number of fused-ring (bicyclic) bond motifs is 1. The third kappa shape index (κ3) is 2.73. The van der Waals surface area contributed by atoms with Gasteiger partial charge in [0, 0.05) is 37.4 Å². The summed E-state index contributed by atoms with van der Waals surface area (Å²) in [4.78, 5) is 24.2. The maximum absolute atomic E-state index is 12.3. The Kier molecular flexibility index (Phi) is 3.80. The second-order valence-electron chi connectivity index (χ2n) is 4.89. The van der Waals surface area contributed by atoms with Crippen molar-refractivity contribution in [2.75, 3.05) is 19.7 Å². The largest absolute Gasteiger partial charge is 0.396 e. The van der Waals surface area contributed by atoms with Crippen molar-refractivity contribution < 1.29 is 14.8 Å². The summed E-state index contributed by atoms with van der Waals surface area (Å²) >= 11 is 0. The van der Waals surface area contributed by atoms with E-state index in [0.717, 1.165) is 5.56 Å². The fourth-order valence-electron chi connectivity index (χ4n) is 2.23. The van der Waals surface area contributed by atoms with Crippen molar-refractivity contribution in [2.45, 2.75) is 13.3 Å². The van der Waals surface area contributed by atoms with Crippen molar-refractivity contribution in [3.05, 3.63) is 39.4 Å². The van der Waals surface area contributed by atoms with E-state index in [9.17, 15) is 14.9 Å².